The first-order chi connectivity index (χ1) is 14.2. The maximum Gasteiger partial charge on any atom is 0.248 e. The zero-order valence-corrected chi connectivity index (χ0v) is 17.7. The number of carbonyl (C=O) groups excluding carboxylic acids is 1. The summed E-state index contributed by atoms with van der Waals surface area (Å²) < 4.78 is 0. The zero-order valence-electron chi connectivity index (χ0n) is 16.9. The number of halogens is 1. The van der Waals surface area contributed by atoms with Gasteiger partial charge in [0.2, 0.25) is 5.91 Å². The molecule has 2 saturated carbocycles. The first-order valence-electron chi connectivity index (χ1n) is 10.5. The van der Waals surface area contributed by atoms with E-state index in [9.17, 15) is 4.79 Å². The summed E-state index contributed by atoms with van der Waals surface area (Å²) in [5.41, 5.74) is 12.2. The van der Waals surface area contributed by atoms with E-state index in [0.717, 1.165) is 18.0 Å². The minimum Gasteiger partial charge on any atom is -0.366 e. The highest BCUT2D eigenvalue weighted by Gasteiger charge is 2.40. The van der Waals surface area contributed by atoms with Crippen LogP contribution in [-0.2, 0) is 0 Å². The second kappa shape index (κ2) is 8.63. The largest absolute Gasteiger partial charge is 0.366 e. The number of primary amides is 1. The van der Waals surface area contributed by atoms with E-state index in [-0.39, 0.29) is 12.4 Å². The predicted octanol–water partition coefficient (Wildman–Crippen LogP) is 5.40. The molecule has 154 valence electrons. The van der Waals surface area contributed by atoms with E-state index in [0.29, 0.717) is 17.5 Å². The van der Waals surface area contributed by atoms with Gasteiger partial charge in [-0.1, -0.05) is 60.7 Å². The van der Waals surface area contributed by atoms with Crippen LogP contribution in [-0.4, -0.2) is 18.5 Å². The molecule has 2 atom stereocenters. The van der Waals surface area contributed by atoms with E-state index in [1.165, 1.54) is 41.5 Å². The Labute approximate surface area is 184 Å². The zero-order chi connectivity index (χ0) is 19.8. The van der Waals surface area contributed by atoms with Crippen LogP contribution in [0, 0.1) is 5.92 Å². The van der Waals surface area contributed by atoms with Crippen LogP contribution >= 0.6 is 12.4 Å². The molecular formula is C26H27ClN2O. The van der Waals surface area contributed by atoms with Crippen LogP contribution in [0.3, 0.4) is 0 Å². The van der Waals surface area contributed by atoms with Gasteiger partial charge in [-0.05, 0) is 71.7 Å². The van der Waals surface area contributed by atoms with Gasteiger partial charge >= 0.3 is 0 Å². The molecule has 2 fully saturated rings. The third-order valence-corrected chi connectivity index (χ3v) is 6.20. The van der Waals surface area contributed by atoms with Gasteiger partial charge < -0.3 is 11.1 Å². The Hall–Kier alpha value is -2.62. The lowest BCUT2D eigenvalue weighted by Crippen LogP contribution is -2.20. The lowest BCUT2D eigenvalue weighted by Gasteiger charge is -2.16. The van der Waals surface area contributed by atoms with Crippen molar-refractivity contribution in [2.45, 2.75) is 31.2 Å². The number of benzene rings is 3. The second-order valence-electron chi connectivity index (χ2n) is 8.38. The van der Waals surface area contributed by atoms with E-state index in [1.54, 1.807) is 0 Å². The fraction of sp³-hybridized carbons (Fsp3) is 0.269. The minimum atomic E-state index is -0.392. The summed E-state index contributed by atoms with van der Waals surface area (Å²) in [7, 11) is 0. The molecule has 3 aromatic rings. The number of nitrogens with two attached hydrogens (primary N) is 1. The second-order valence-corrected chi connectivity index (χ2v) is 8.38. The van der Waals surface area contributed by atoms with Gasteiger partial charge in [-0.2, -0.15) is 0 Å². The van der Waals surface area contributed by atoms with Gasteiger partial charge in [-0.3, -0.25) is 4.79 Å². The van der Waals surface area contributed by atoms with E-state index in [1.807, 2.05) is 24.3 Å². The summed E-state index contributed by atoms with van der Waals surface area (Å²) in [6.07, 6.45) is 3.98. The molecule has 1 amide bonds. The number of amides is 1. The van der Waals surface area contributed by atoms with E-state index < -0.39 is 5.91 Å². The minimum absolute atomic E-state index is 0. The van der Waals surface area contributed by atoms with Crippen molar-refractivity contribution >= 4 is 18.3 Å². The molecule has 3 nitrogen and oxygen atoms in total. The SMILES string of the molecule is Cl.NC(=O)c1ccc(-c2cccc([C@H]3C[C@@H]3NCC3CC3)c2-c2ccccc2)cc1. The van der Waals surface area contributed by atoms with E-state index in [2.05, 4.69) is 53.8 Å². The van der Waals surface area contributed by atoms with Crippen molar-refractivity contribution in [2.75, 3.05) is 6.54 Å². The van der Waals surface area contributed by atoms with Gasteiger partial charge in [0.25, 0.3) is 0 Å². The molecule has 3 N–H and O–H groups in total. The van der Waals surface area contributed by atoms with Gasteiger partial charge in [0.15, 0.2) is 0 Å². The number of hydrogen-bond donors (Lipinski definition) is 2. The number of nitrogens with one attached hydrogen (secondary N) is 1. The van der Waals surface area contributed by atoms with Gasteiger partial charge in [-0.15, -0.1) is 12.4 Å². The lowest BCUT2D eigenvalue weighted by molar-refractivity contribution is 0.100. The average Bonchev–Trinajstić information content (AvgIpc) is 3.67. The number of carbonyl (C=O) groups is 1. The Morgan fingerprint density at radius 1 is 0.900 bits per heavy atom. The van der Waals surface area contributed by atoms with Crippen LogP contribution in [0.1, 0.15) is 41.1 Å². The summed E-state index contributed by atoms with van der Waals surface area (Å²) in [4.78, 5) is 11.5. The Balaban J connectivity index is 0.00000218. The van der Waals surface area contributed by atoms with Gasteiger partial charge in [0.1, 0.15) is 0 Å². The van der Waals surface area contributed by atoms with Crippen LogP contribution in [0.4, 0.5) is 0 Å². The maximum atomic E-state index is 11.5. The molecule has 0 bridgehead atoms. The number of rotatable bonds is 7. The molecule has 0 radical (unpaired) electrons. The Bertz CT molecular complexity index is 1030. The van der Waals surface area contributed by atoms with Crippen molar-refractivity contribution in [3.63, 3.8) is 0 Å². The fourth-order valence-corrected chi connectivity index (χ4v) is 4.27. The van der Waals surface area contributed by atoms with E-state index >= 15 is 0 Å². The standard InChI is InChI=1S/C26H26N2O.ClH/c27-26(29)20-13-11-18(12-14-20)21-7-4-8-22(25(21)19-5-2-1-3-6-19)23-15-24(23)28-16-17-9-10-17;/h1-8,11-14,17,23-24,28H,9-10,15-16H2,(H2,27,29);1H/t23-,24+;/m1./s1. The highest BCUT2D eigenvalue weighted by Crippen LogP contribution is 2.48. The van der Waals surface area contributed by atoms with E-state index in [4.69, 9.17) is 5.73 Å². The quantitative estimate of drug-likeness (QED) is 0.540. The third-order valence-electron chi connectivity index (χ3n) is 6.20. The molecule has 0 spiro atoms. The molecule has 0 aliphatic heterocycles. The van der Waals surface area contributed by atoms with Gasteiger partial charge in [0, 0.05) is 17.5 Å². The molecule has 4 heteroatoms. The predicted molar refractivity (Wildman–Crippen MR) is 125 cm³/mol. The van der Waals surface area contributed by atoms with Crippen molar-refractivity contribution in [1.29, 1.82) is 0 Å². The normalized spacial score (nSPS) is 19.7. The monoisotopic (exact) mass is 418 g/mol. The maximum absolute atomic E-state index is 11.5. The van der Waals surface area contributed by atoms with Crippen LogP contribution in [0.25, 0.3) is 22.3 Å². The van der Waals surface area contributed by atoms with Crippen molar-refractivity contribution < 1.29 is 4.79 Å². The first-order valence-corrected chi connectivity index (χ1v) is 10.5. The molecular weight excluding hydrogens is 392 g/mol. The molecule has 0 saturated heterocycles. The van der Waals surface area contributed by atoms with Gasteiger partial charge in [0.05, 0.1) is 0 Å². The summed E-state index contributed by atoms with van der Waals surface area (Å²) in [6, 6.07) is 25.5. The Kier molecular flexibility index (Phi) is 5.94. The van der Waals surface area contributed by atoms with Crippen molar-refractivity contribution in [3.05, 3.63) is 83.9 Å². The summed E-state index contributed by atoms with van der Waals surface area (Å²) in [5.74, 6) is 1.07. The molecule has 0 aromatic heterocycles. The third kappa shape index (κ3) is 4.28. The topological polar surface area (TPSA) is 55.1 Å². The van der Waals surface area contributed by atoms with Crippen molar-refractivity contribution in [2.24, 2.45) is 11.7 Å². The van der Waals surface area contributed by atoms with Gasteiger partial charge in [-0.25, -0.2) is 0 Å². The molecule has 2 aliphatic rings. The smallest absolute Gasteiger partial charge is 0.248 e. The molecule has 30 heavy (non-hydrogen) atoms. The molecule has 0 heterocycles. The molecule has 0 unspecified atom stereocenters. The van der Waals surface area contributed by atoms with Crippen LogP contribution in [0.2, 0.25) is 0 Å². The van der Waals surface area contributed by atoms with Crippen LogP contribution < -0.4 is 11.1 Å². The lowest BCUT2D eigenvalue weighted by atomic mass is 9.88. The Morgan fingerprint density at radius 2 is 1.63 bits per heavy atom. The summed E-state index contributed by atoms with van der Waals surface area (Å²) in [5, 5.41) is 3.77. The van der Waals surface area contributed by atoms with Crippen molar-refractivity contribution in [1.82, 2.24) is 5.32 Å². The van der Waals surface area contributed by atoms with Crippen LogP contribution in [0.15, 0.2) is 72.8 Å². The Morgan fingerprint density at radius 3 is 2.30 bits per heavy atom. The fourth-order valence-electron chi connectivity index (χ4n) is 4.27. The highest BCUT2D eigenvalue weighted by molar-refractivity contribution is 5.94. The first kappa shape index (κ1) is 20.6. The molecule has 2 aliphatic carbocycles. The summed E-state index contributed by atoms with van der Waals surface area (Å²) >= 11 is 0. The molecule has 5 rings (SSSR count). The summed E-state index contributed by atoms with van der Waals surface area (Å²) in [6.45, 7) is 1.16. The number of hydrogen-bond acceptors (Lipinski definition) is 2. The average molecular weight is 419 g/mol. The van der Waals surface area contributed by atoms with Crippen molar-refractivity contribution in [3.8, 4) is 22.3 Å². The van der Waals surface area contributed by atoms with Crippen LogP contribution in [0.5, 0.6) is 0 Å². The molecule has 3 aromatic carbocycles. The highest BCUT2D eigenvalue weighted by atomic mass is 35.5.